The maximum absolute atomic E-state index is 6.00. The molecule has 2 heterocycles. The molecule has 0 amide bonds. The highest BCUT2D eigenvalue weighted by Crippen LogP contribution is 2.36. The Labute approximate surface area is 110 Å². The van der Waals surface area contributed by atoms with Crippen LogP contribution in [0.3, 0.4) is 0 Å². The van der Waals surface area contributed by atoms with Crippen molar-refractivity contribution in [3.63, 3.8) is 0 Å². The second kappa shape index (κ2) is 4.67. The van der Waals surface area contributed by atoms with Crippen LogP contribution >= 0.6 is 0 Å². The average Bonchev–Trinajstić information content (AvgIpc) is 2.49. The summed E-state index contributed by atoms with van der Waals surface area (Å²) in [6, 6.07) is 6.05. The van der Waals surface area contributed by atoms with Crippen molar-refractivity contribution in [3.05, 3.63) is 23.9 Å². The van der Waals surface area contributed by atoms with Gasteiger partial charge in [-0.1, -0.05) is 19.4 Å². The van der Waals surface area contributed by atoms with E-state index >= 15 is 0 Å². The van der Waals surface area contributed by atoms with E-state index in [0.29, 0.717) is 0 Å². The van der Waals surface area contributed by atoms with Crippen LogP contribution in [0.5, 0.6) is 0 Å². The van der Waals surface area contributed by atoms with E-state index in [0.717, 1.165) is 24.1 Å². The van der Waals surface area contributed by atoms with Gasteiger partial charge in [-0.3, -0.25) is 4.98 Å². The maximum Gasteiger partial charge on any atom is 0.514 e. The second-order valence-electron chi connectivity index (χ2n) is 5.89. The molecule has 0 atom stereocenters. The predicted octanol–water partition coefficient (Wildman–Crippen LogP) is 2.33. The Balaban J connectivity index is 2.21. The standard InChI is InChI=1S/C14H22BNO2/c1-6-8-11-9-7-10-12(16-11)15-17-13(2,3)14(4,5)18-15/h7,9-10H,6,8H2,1-5H3. The lowest BCUT2D eigenvalue weighted by Crippen LogP contribution is -2.41. The van der Waals surface area contributed by atoms with Crippen LogP contribution in [0.1, 0.15) is 46.7 Å². The molecule has 0 saturated carbocycles. The lowest BCUT2D eigenvalue weighted by molar-refractivity contribution is 0.00578. The average molecular weight is 247 g/mol. The molecule has 4 heteroatoms. The molecule has 0 aromatic carbocycles. The lowest BCUT2D eigenvalue weighted by Gasteiger charge is -2.32. The molecular formula is C14H22BNO2. The Morgan fingerprint density at radius 2 is 1.72 bits per heavy atom. The summed E-state index contributed by atoms with van der Waals surface area (Å²) in [5.74, 6) is 0. The van der Waals surface area contributed by atoms with Crippen LogP contribution < -0.4 is 5.59 Å². The summed E-state index contributed by atoms with van der Waals surface area (Å²) >= 11 is 0. The van der Waals surface area contributed by atoms with Crippen LogP contribution in [-0.2, 0) is 15.7 Å². The third-order valence-electron chi connectivity index (χ3n) is 3.83. The number of pyridine rings is 1. The van der Waals surface area contributed by atoms with Crippen molar-refractivity contribution in [1.82, 2.24) is 4.98 Å². The van der Waals surface area contributed by atoms with E-state index < -0.39 is 0 Å². The van der Waals surface area contributed by atoms with E-state index in [1.807, 2.05) is 12.1 Å². The largest absolute Gasteiger partial charge is 0.514 e. The molecule has 0 radical (unpaired) electrons. The van der Waals surface area contributed by atoms with Crippen LogP contribution in [0.15, 0.2) is 18.2 Å². The number of hydrogen-bond acceptors (Lipinski definition) is 3. The van der Waals surface area contributed by atoms with Crippen molar-refractivity contribution in [2.45, 2.75) is 58.7 Å². The minimum atomic E-state index is -0.355. The lowest BCUT2D eigenvalue weighted by atomic mass is 9.84. The van der Waals surface area contributed by atoms with E-state index in [4.69, 9.17) is 9.31 Å². The zero-order valence-electron chi connectivity index (χ0n) is 12.0. The second-order valence-corrected chi connectivity index (χ2v) is 5.89. The maximum atomic E-state index is 6.00. The normalized spacial score (nSPS) is 21.3. The summed E-state index contributed by atoms with van der Waals surface area (Å²) in [5.41, 5.74) is 1.37. The number of aryl methyl sites for hydroxylation is 1. The van der Waals surface area contributed by atoms with Crippen LogP contribution in [0.25, 0.3) is 0 Å². The Morgan fingerprint density at radius 3 is 2.28 bits per heavy atom. The fraction of sp³-hybridized carbons (Fsp3) is 0.643. The molecule has 1 saturated heterocycles. The molecule has 0 aliphatic carbocycles. The smallest absolute Gasteiger partial charge is 0.398 e. The van der Waals surface area contributed by atoms with Crippen molar-refractivity contribution in [2.75, 3.05) is 0 Å². The first-order valence-corrected chi connectivity index (χ1v) is 6.67. The monoisotopic (exact) mass is 247 g/mol. The highest BCUT2D eigenvalue weighted by atomic mass is 16.7. The zero-order chi connectivity index (χ0) is 13.4. The van der Waals surface area contributed by atoms with Crippen molar-refractivity contribution < 1.29 is 9.31 Å². The van der Waals surface area contributed by atoms with Crippen molar-refractivity contribution in [2.24, 2.45) is 0 Å². The van der Waals surface area contributed by atoms with Crippen molar-refractivity contribution in [1.29, 1.82) is 0 Å². The van der Waals surface area contributed by atoms with Gasteiger partial charge in [-0.2, -0.15) is 0 Å². The molecule has 1 aliphatic heterocycles. The minimum absolute atomic E-state index is 0.305. The summed E-state index contributed by atoms with van der Waals surface area (Å²) in [5, 5.41) is 0. The van der Waals surface area contributed by atoms with Gasteiger partial charge in [0.2, 0.25) is 0 Å². The molecule has 0 spiro atoms. The van der Waals surface area contributed by atoms with E-state index in [1.165, 1.54) is 0 Å². The van der Waals surface area contributed by atoms with Crippen LogP contribution in [0, 0.1) is 0 Å². The number of rotatable bonds is 3. The molecule has 1 aromatic heterocycles. The first-order valence-electron chi connectivity index (χ1n) is 6.67. The Hall–Kier alpha value is -0.865. The van der Waals surface area contributed by atoms with Crippen LogP contribution in [0.2, 0.25) is 0 Å². The van der Waals surface area contributed by atoms with Gasteiger partial charge in [0, 0.05) is 5.69 Å². The van der Waals surface area contributed by atoms with E-state index in [2.05, 4.69) is 45.7 Å². The van der Waals surface area contributed by atoms with Crippen molar-refractivity contribution >= 4 is 12.7 Å². The van der Waals surface area contributed by atoms with Gasteiger partial charge in [0.05, 0.1) is 16.8 Å². The summed E-state index contributed by atoms with van der Waals surface area (Å²) in [7, 11) is -0.355. The quantitative estimate of drug-likeness (QED) is 0.768. The van der Waals surface area contributed by atoms with E-state index in [-0.39, 0.29) is 18.3 Å². The van der Waals surface area contributed by atoms with Gasteiger partial charge in [-0.15, -0.1) is 0 Å². The third kappa shape index (κ3) is 2.45. The Morgan fingerprint density at radius 1 is 1.11 bits per heavy atom. The van der Waals surface area contributed by atoms with E-state index in [1.54, 1.807) is 0 Å². The molecular weight excluding hydrogens is 225 g/mol. The van der Waals surface area contributed by atoms with Gasteiger partial charge in [-0.05, 0) is 46.2 Å². The number of hydrogen-bond donors (Lipinski definition) is 0. The van der Waals surface area contributed by atoms with Gasteiger partial charge in [0.1, 0.15) is 0 Å². The van der Waals surface area contributed by atoms with Gasteiger partial charge >= 0.3 is 7.12 Å². The molecule has 0 unspecified atom stereocenters. The highest BCUT2D eigenvalue weighted by molar-refractivity contribution is 6.61. The minimum Gasteiger partial charge on any atom is -0.398 e. The molecule has 3 nitrogen and oxygen atoms in total. The molecule has 1 aromatic rings. The Kier molecular flexibility index (Phi) is 3.52. The van der Waals surface area contributed by atoms with Gasteiger partial charge in [0.25, 0.3) is 0 Å². The van der Waals surface area contributed by atoms with Crippen LogP contribution in [-0.4, -0.2) is 23.3 Å². The summed E-state index contributed by atoms with van der Waals surface area (Å²) in [6.07, 6.45) is 2.09. The third-order valence-corrected chi connectivity index (χ3v) is 3.83. The Bertz CT molecular complexity index is 416. The predicted molar refractivity (Wildman–Crippen MR) is 73.9 cm³/mol. The summed E-state index contributed by atoms with van der Waals surface area (Å²) in [4.78, 5) is 4.63. The van der Waals surface area contributed by atoms with Gasteiger partial charge in [-0.25, -0.2) is 0 Å². The summed E-state index contributed by atoms with van der Waals surface area (Å²) in [6.45, 7) is 10.4. The van der Waals surface area contributed by atoms with Gasteiger partial charge < -0.3 is 9.31 Å². The molecule has 1 aliphatic rings. The summed E-state index contributed by atoms with van der Waals surface area (Å²) < 4.78 is 12.0. The first kappa shape index (κ1) is 13.6. The zero-order valence-corrected chi connectivity index (χ0v) is 12.0. The molecule has 1 fully saturated rings. The number of nitrogens with zero attached hydrogens (tertiary/aromatic N) is 1. The van der Waals surface area contributed by atoms with E-state index in [9.17, 15) is 0 Å². The molecule has 2 rings (SSSR count). The highest BCUT2D eigenvalue weighted by Gasteiger charge is 2.52. The SMILES string of the molecule is CCCc1cccc(B2OC(C)(C)C(C)(C)O2)n1. The van der Waals surface area contributed by atoms with Crippen LogP contribution in [0.4, 0.5) is 0 Å². The first-order chi connectivity index (χ1) is 8.36. The molecule has 0 N–H and O–H groups in total. The number of aromatic nitrogens is 1. The fourth-order valence-corrected chi connectivity index (χ4v) is 1.99. The topological polar surface area (TPSA) is 31.4 Å². The molecule has 0 bridgehead atoms. The fourth-order valence-electron chi connectivity index (χ4n) is 1.99. The molecule has 18 heavy (non-hydrogen) atoms. The molecule has 98 valence electrons. The van der Waals surface area contributed by atoms with Crippen molar-refractivity contribution in [3.8, 4) is 0 Å². The van der Waals surface area contributed by atoms with Gasteiger partial charge in [0.15, 0.2) is 0 Å².